The fourth-order valence-corrected chi connectivity index (χ4v) is 2.92. The molecule has 2 rings (SSSR count). The second kappa shape index (κ2) is 5.61. The van der Waals surface area contributed by atoms with Crippen molar-refractivity contribution in [2.24, 2.45) is 0 Å². The zero-order valence-electron chi connectivity index (χ0n) is 9.24. The molecule has 0 aliphatic heterocycles. The van der Waals surface area contributed by atoms with Gasteiger partial charge in [-0.1, -0.05) is 41.4 Å². The van der Waals surface area contributed by atoms with E-state index in [2.05, 4.69) is 5.32 Å². The van der Waals surface area contributed by atoms with Crippen LogP contribution >= 0.6 is 34.5 Å². The normalized spacial score (nSPS) is 10.3. The number of carbonyl (C=O) groups is 1. The molecule has 0 radical (unpaired) electrons. The molecule has 0 bridgehead atoms. The first-order valence-corrected chi connectivity index (χ1v) is 6.71. The van der Waals surface area contributed by atoms with Crippen LogP contribution in [0.4, 0.5) is 5.69 Å². The summed E-state index contributed by atoms with van der Waals surface area (Å²) >= 11 is 12.9. The van der Waals surface area contributed by atoms with Crippen LogP contribution in [0.3, 0.4) is 0 Å². The van der Waals surface area contributed by atoms with Crippen molar-refractivity contribution in [1.82, 2.24) is 5.32 Å². The van der Waals surface area contributed by atoms with Crippen molar-refractivity contribution in [2.75, 3.05) is 5.73 Å². The lowest BCUT2D eigenvalue weighted by atomic mass is 10.2. The van der Waals surface area contributed by atoms with Crippen LogP contribution in [0, 0.1) is 0 Å². The number of thiophene rings is 1. The molecule has 0 fully saturated rings. The number of halogens is 2. The molecule has 0 unspecified atom stereocenters. The summed E-state index contributed by atoms with van der Waals surface area (Å²) in [5.41, 5.74) is 7.68. The zero-order valence-corrected chi connectivity index (χ0v) is 11.6. The Hall–Kier alpha value is -1.23. The molecule has 3 N–H and O–H groups in total. The SMILES string of the molecule is Nc1ccccc1CNC(=O)c1cc(Cl)sc1Cl. The van der Waals surface area contributed by atoms with E-state index in [4.69, 9.17) is 28.9 Å². The number of carbonyl (C=O) groups excluding carboxylic acids is 1. The van der Waals surface area contributed by atoms with E-state index in [9.17, 15) is 4.79 Å². The summed E-state index contributed by atoms with van der Waals surface area (Å²) in [5.74, 6) is -0.258. The highest BCUT2D eigenvalue weighted by Crippen LogP contribution is 2.31. The van der Waals surface area contributed by atoms with Crippen molar-refractivity contribution in [1.29, 1.82) is 0 Å². The molecule has 18 heavy (non-hydrogen) atoms. The van der Waals surface area contributed by atoms with E-state index < -0.39 is 0 Å². The van der Waals surface area contributed by atoms with Crippen LogP contribution < -0.4 is 11.1 Å². The molecule has 0 aliphatic rings. The van der Waals surface area contributed by atoms with E-state index in [0.29, 0.717) is 26.5 Å². The topological polar surface area (TPSA) is 55.1 Å². The Bertz CT molecular complexity index is 583. The molecular formula is C12H10Cl2N2OS. The Labute approximate surface area is 119 Å². The van der Waals surface area contributed by atoms with Crippen molar-refractivity contribution in [3.8, 4) is 0 Å². The number of nitrogens with two attached hydrogens (primary N) is 1. The number of amides is 1. The van der Waals surface area contributed by atoms with Crippen molar-refractivity contribution < 1.29 is 4.79 Å². The Balaban J connectivity index is 2.05. The van der Waals surface area contributed by atoms with Gasteiger partial charge in [0.15, 0.2) is 0 Å². The first-order valence-electron chi connectivity index (χ1n) is 5.14. The lowest BCUT2D eigenvalue weighted by Gasteiger charge is -2.06. The third-order valence-electron chi connectivity index (χ3n) is 2.40. The first kappa shape index (κ1) is 13.2. The van der Waals surface area contributed by atoms with Crippen LogP contribution in [0.2, 0.25) is 8.67 Å². The summed E-state index contributed by atoms with van der Waals surface area (Å²) in [7, 11) is 0. The van der Waals surface area contributed by atoms with Crippen LogP contribution in [-0.4, -0.2) is 5.91 Å². The Morgan fingerprint density at radius 2 is 2.06 bits per heavy atom. The van der Waals surface area contributed by atoms with Crippen molar-refractivity contribution >= 4 is 46.1 Å². The number of hydrogen-bond donors (Lipinski definition) is 2. The number of para-hydroxylation sites is 1. The van der Waals surface area contributed by atoms with Gasteiger partial charge in [-0.2, -0.15) is 0 Å². The molecular weight excluding hydrogens is 291 g/mol. The van der Waals surface area contributed by atoms with E-state index in [1.54, 1.807) is 12.1 Å². The molecule has 0 saturated carbocycles. The van der Waals surface area contributed by atoms with Crippen LogP contribution in [0.15, 0.2) is 30.3 Å². The Kier molecular flexibility index (Phi) is 4.11. The molecule has 3 nitrogen and oxygen atoms in total. The third kappa shape index (κ3) is 2.96. The van der Waals surface area contributed by atoms with Crippen molar-refractivity contribution in [3.05, 3.63) is 50.1 Å². The predicted molar refractivity (Wildman–Crippen MR) is 76.4 cm³/mol. The van der Waals surface area contributed by atoms with Gasteiger partial charge in [-0.25, -0.2) is 0 Å². The molecule has 1 aromatic carbocycles. The van der Waals surface area contributed by atoms with Crippen LogP contribution in [-0.2, 0) is 6.54 Å². The molecule has 1 aromatic heterocycles. The Morgan fingerprint density at radius 3 is 2.67 bits per heavy atom. The van der Waals surface area contributed by atoms with Gasteiger partial charge in [0.25, 0.3) is 5.91 Å². The third-order valence-corrected chi connectivity index (χ3v) is 3.88. The summed E-state index contributed by atoms with van der Waals surface area (Å²) < 4.78 is 0.878. The predicted octanol–water partition coefficient (Wildman–Crippen LogP) is 3.57. The fourth-order valence-electron chi connectivity index (χ4n) is 1.46. The smallest absolute Gasteiger partial charge is 0.253 e. The van der Waals surface area contributed by atoms with Gasteiger partial charge < -0.3 is 11.1 Å². The second-order valence-corrected chi connectivity index (χ2v) is 5.90. The van der Waals surface area contributed by atoms with E-state index in [1.165, 1.54) is 11.3 Å². The number of nitrogen functional groups attached to an aromatic ring is 1. The Morgan fingerprint density at radius 1 is 1.33 bits per heavy atom. The van der Waals surface area contributed by atoms with Gasteiger partial charge in [0, 0.05) is 12.2 Å². The molecule has 0 spiro atoms. The standard InChI is InChI=1S/C12H10Cl2N2OS/c13-10-5-8(11(14)18-10)12(17)16-6-7-3-1-2-4-9(7)15/h1-5H,6,15H2,(H,16,17). The van der Waals surface area contributed by atoms with Crippen LogP contribution in [0.5, 0.6) is 0 Å². The van der Waals surface area contributed by atoms with E-state index in [1.807, 2.05) is 18.2 Å². The first-order chi connectivity index (χ1) is 8.58. The largest absolute Gasteiger partial charge is 0.398 e. The average molecular weight is 301 g/mol. The van der Waals surface area contributed by atoms with Crippen molar-refractivity contribution in [3.63, 3.8) is 0 Å². The molecule has 0 atom stereocenters. The lowest BCUT2D eigenvalue weighted by Crippen LogP contribution is -2.23. The molecule has 6 heteroatoms. The number of hydrogen-bond acceptors (Lipinski definition) is 3. The minimum atomic E-state index is -0.258. The number of rotatable bonds is 3. The highest BCUT2D eigenvalue weighted by Gasteiger charge is 2.13. The van der Waals surface area contributed by atoms with Crippen molar-refractivity contribution in [2.45, 2.75) is 6.54 Å². The fraction of sp³-hybridized carbons (Fsp3) is 0.0833. The molecule has 2 aromatic rings. The molecule has 0 aliphatic carbocycles. The van der Waals surface area contributed by atoms with E-state index >= 15 is 0 Å². The minimum Gasteiger partial charge on any atom is -0.398 e. The van der Waals surface area contributed by atoms with Gasteiger partial charge in [0.1, 0.15) is 4.34 Å². The highest BCUT2D eigenvalue weighted by atomic mass is 35.5. The van der Waals surface area contributed by atoms with Crippen LogP contribution in [0.25, 0.3) is 0 Å². The monoisotopic (exact) mass is 300 g/mol. The van der Waals surface area contributed by atoms with Gasteiger partial charge in [-0.3, -0.25) is 4.79 Å². The summed E-state index contributed by atoms with van der Waals surface area (Å²) in [6, 6.07) is 8.91. The summed E-state index contributed by atoms with van der Waals surface area (Å²) in [5, 5.41) is 2.75. The summed E-state index contributed by atoms with van der Waals surface area (Å²) in [6.45, 7) is 0.356. The molecule has 1 amide bonds. The van der Waals surface area contributed by atoms with Gasteiger partial charge in [-0.05, 0) is 17.7 Å². The molecule has 0 saturated heterocycles. The van der Waals surface area contributed by atoms with Crippen LogP contribution in [0.1, 0.15) is 15.9 Å². The highest BCUT2D eigenvalue weighted by molar-refractivity contribution is 7.20. The van der Waals surface area contributed by atoms with E-state index in [0.717, 1.165) is 5.56 Å². The maximum absolute atomic E-state index is 11.9. The maximum atomic E-state index is 11.9. The molecule has 94 valence electrons. The van der Waals surface area contributed by atoms with Gasteiger partial charge in [0.05, 0.1) is 9.90 Å². The minimum absolute atomic E-state index is 0.258. The second-order valence-electron chi connectivity index (χ2n) is 3.62. The zero-order chi connectivity index (χ0) is 13.1. The summed E-state index contributed by atoms with van der Waals surface area (Å²) in [4.78, 5) is 11.9. The molecule has 1 heterocycles. The van der Waals surface area contributed by atoms with Gasteiger partial charge in [0.2, 0.25) is 0 Å². The number of nitrogens with one attached hydrogen (secondary N) is 1. The maximum Gasteiger partial charge on any atom is 0.253 e. The van der Waals surface area contributed by atoms with Gasteiger partial charge >= 0.3 is 0 Å². The number of anilines is 1. The summed E-state index contributed by atoms with van der Waals surface area (Å²) in [6.07, 6.45) is 0. The number of benzene rings is 1. The average Bonchev–Trinajstić information content (AvgIpc) is 2.67. The quantitative estimate of drug-likeness (QED) is 0.852. The van der Waals surface area contributed by atoms with Gasteiger partial charge in [-0.15, -0.1) is 11.3 Å². The van der Waals surface area contributed by atoms with E-state index in [-0.39, 0.29) is 5.91 Å². The lowest BCUT2D eigenvalue weighted by molar-refractivity contribution is 0.0951.